The first-order valence-electron chi connectivity index (χ1n) is 7.33. The highest BCUT2D eigenvalue weighted by Gasteiger charge is 2.28. The van der Waals surface area contributed by atoms with E-state index in [9.17, 15) is 10.1 Å². The summed E-state index contributed by atoms with van der Waals surface area (Å²) in [7, 11) is 1.59. The second-order valence-corrected chi connectivity index (χ2v) is 5.43. The van der Waals surface area contributed by atoms with Crippen LogP contribution in [0.1, 0.15) is 50.0 Å². The van der Waals surface area contributed by atoms with Crippen LogP contribution in [0.5, 0.6) is 5.75 Å². The van der Waals surface area contributed by atoms with E-state index in [4.69, 9.17) is 4.74 Å². The third kappa shape index (κ3) is 3.39. The molecule has 0 saturated heterocycles. The molecule has 2 rings (SSSR count). The van der Waals surface area contributed by atoms with Crippen LogP contribution in [0.3, 0.4) is 0 Å². The van der Waals surface area contributed by atoms with Crippen LogP contribution in [0, 0.1) is 17.2 Å². The van der Waals surface area contributed by atoms with E-state index in [1.807, 2.05) is 18.2 Å². The van der Waals surface area contributed by atoms with Crippen molar-refractivity contribution in [2.45, 2.75) is 44.4 Å². The van der Waals surface area contributed by atoms with Crippen molar-refractivity contribution in [1.29, 1.82) is 5.26 Å². The lowest BCUT2D eigenvalue weighted by Gasteiger charge is -2.17. The number of nitriles is 1. The van der Waals surface area contributed by atoms with Gasteiger partial charge in [0.1, 0.15) is 11.7 Å². The summed E-state index contributed by atoms with van der Waals surface area (Å²) >= 11 is 0. The van der Waals surface area contributed by atoms with Gasteiger partial charge in [0.25, 0.3) is 0 Å². The smallest absolute Gasteiger partial charge is 0.157 e. The zero-order chi connectivity index (χ0) is 14.4. The maximum Gasteiger partial charge on any atom is 0.157 e. The monoisotopic (exact) mass is 271 g/mol. The predicted octanol–water partition coefficient (Wildman–Crippen LogP) is 3.84. The second-order valence-electron chi connectivity index (χ2n) is 5.43. The maximum atomic E-state index is 12.6. The van der Waals surface area contributed by atoms with Crippen LogP contribution < -0.4 is 4.74 Å². The third-order valence-electron chi connectivity index (χ3n) is 4.10. The van der Waals surface area contributed by atoms with E-state index in [-0.39, 0.29) is 11.7 Å². The molecule has 0 aromatic heterocycles. The zero-order valence-electron chi connectivity index (χ0n) is 12.0. The van der Waals surface area contributed by atoms with Crippen LogP contribution in [0.4, 0.5) is 0 Å². The Labute approximate surface area is 120 Å². The summed E-state index contributed by atoms with van der Waals surface area (Å²) in [6.45, 7) is 0. The van der Waals surface area contributed by atoms with Crippen molar-refractivity contribution in [2.75, 3.05) is 7.11 Å². The molecule has 1 aromatic rings. The quantitative estimate of drug-likeness (QED) is 0.782. The summed E-state index contributed by atoms with van der Waals surface area (Å²) in [5.74, 6) is 0.167. The molecule has 1 aromatic carbocycles. The van der Waals surface area contributed by atoms with E-state index in [1.54, 1.807) is 13.2 Å². The van der Waals surface area contributed by atoms with Crippen molar-refractivity contribution in [3.05, 3.63) is 29.8 Å². The third-order valence-corrected chi connectivity index (χ3v) is 4.10. The predicted molar refractivity (Wildman–Crippen MR) is 77.5 cm³/mol. The summed E-state index contributed by atoms with van der Waals surface area (Å²) in [5, 5.41) is 9.40. The Morgan fingerprint density at radius 3 is 2.60 bits per heavy atom. The van der Waals surface area contributed by atoms with Crippen molar-refractivity contribution < 1.29 is 9.53 Å². The minimum absolute atomic E-state index is 0.0494. The second kappa shape index (κ2) is 7.09. The van der Waals surface area contributed by atoms with Gasteiger partial charge in [0.2, 0.25) is 0 Å². The highest BCUT2D eigenvalue weighted by molar-refractivity contribution is 5.90. The highest BCUT2D eigenvalue weighted by Crippen LogP contribution is 2.30. The molecular weight excluding hydrogens is 250 g/mol. The Balaban J connectivity index is 2.18. The van der Waals surface area contributed by atoms with Gasteiger partial charge in [-0.25, -0.2) is 0 Å². The van der Waals surface area contributed by atoms with Gasteiger partial charge in [0, 0.05) is 5.92 Å². The minimum atomic E-state index is -0.659. The van der Waals surface area contributed by atoms with Crippen LogP contribution >= 0.6 is 0 Å². The van der Waals surface area contributed by atoms with E-state index < -0.39 is 5.92 Å². The Kier molecular flexibility index (Phi) is 5.17. The van der Waals surface area contributed by atoms with Crippen LogP contribution in [-0.4, -0.2) is 12.9 Å². The van der Waals surface area contributed by atoms with Gasteiger partial charge in [-0.15, -0.1) is 0 Å². The molecule has 1 aliphatic carbocycles. The number of carbonyl (C=O) groups is 1. The van der Waals surface area contributed by atoms with Crippen LogP contribution in [0.15, 0.2) is 24.3 Å². The summed E-state index contributed by atoms with van der Waals surface area (Å²) in [6.07, 6.45) is 6.49. The van der Waals surface area contributed by atoms with Gasteiger partial charge in [-0.05, 0) is 30.5 Å². The molecule has 0 radical (unpaired) electrons. The molecule has 1 atom stereocenters. The van der Waals surface area contributed by atoms with Crippen molar-refractivity contribution in [1.82, 2.24) is 0 Å². The van der Waals surface area contributed by atoms with Crippen LogP contribution in [0.25, 0.3) is 0 Å². The number of hydrogen-bond donors (Lipinski definition) is 0. The van der Waals surface area contributed by atoms with E-state index >= 15 is 0 Å². The van der Waals surface area contributed by atoms with Crippen molar-refractivity contribution in [2.24, 2.45) is 5.92 Å². The molecule has 106 valence electrons. The molecule has 0 N–H and O–H groups in total. The number of nitrogens with zero attached hydrogens (tertiary/aromatic N) is 1. The molecule has 1 unspecified atom stereocenters. The summed E-state index contributed by atoms with van der Waals surface area (Å²) in [6, 6.07) is 9.47. The molecule has 3 nitrogen and oxygen atoms in total. The molecule has 1 fully saturated rings. The standard InChI is InChI=1S/C17H21NO2/c1-20-15-10-6-9-14(11-15)16(12-18)17(19)13-7-4-2-3-5-8-13/h6,9-11,13,16H,2-5,7-8H2,1H3. The normalized spacial score (nSPS) is 17.8. The Morgan fingerprint density at radius 2 is 2.00 bits per heavy atom. The van der Waals surface area contributed by atoms with Gasteiger partial charge < -0.3 is 4.74 Å². The molecule has 0 bridgehead atoms. The van der Waals surface area contributed by atoms with E-state index in [2.05, 4.69) is 6.07 Å². The fourth-order valence-corrected chi connectivity index (χ4v) is 2.92. The van der Waals surface area contributed by atoms with Gasteiger partial charge in [-0.3, -0.25) is 4.79 Å². The molecule has 1 aliphatic rings. The summed E-state index contributed by atoms with van der Waals surface area (Å²) in [4.78, 5) is 12.6. The lowest BCUT2D eigenvalue weighted by molar-refractivity contribution is -0.123. The van der Waals surface area contributed by atoms with Gasteiger partial charge in [0.15, 0.2) is 5.78 Å². The molecule has 0 spiro atoms. The van der Waals surface area contributed by atoms with E-state index in [0.29, 0.717) is 5.75 Å². The molecule has 3 heteroatoms. The van der Waals surface area contributed by atoms with Gasteiger partial charge in [-0.2, -0.15) is 5.26 Å². The average molecular weight is 271 g/mol. The maximum absolute atomic E-state index is 12.6. The first-order chi connectivity index (χ1) is 9.76. The van der Waals surface area contributed by atoms with Gasteiger partial charge in [-0.1, -0.05) is 37.8 Å². The van der Waals surface area contributed by atoms with E-state index in [1.165, 1.54) is 12.8 Å². The van der Waals surface area contributed by atoms with Crippen molar-refractivity contribution in [3.63, 3.8) is 0 Å². The first kappa shape index (κ1) is 14.6. The van der Waals surface area contributed by atoms with E-state index in [0.717, 1.165) is 31.2 Å². The summed E-state index contributed by atoms with van der Waals surface area (Å²) < 4.78 is 5.17. The SMILES string of the molecule is COc1cccc(C(C#N)C(=O)C2CCCCCC2)c1. The zero-order valence-corrected chi connectivity index (χ0v) is 12.0. The Bertz CT molecular complexity index is 496. The number of ketones is 1. The average Bonchev–Trinajstić information content (AvgIpc) is 2.77. The van der Waals surface area contributed by atoms with Crippen LogP contribution in [0.2, 0.25) is 0 Å². The fourth-order valence-electron chi connectivity index (χ4n) is 2.92. The van der Waals surface area contributed by atoms with Crippen molar-refractivity contribution in [3.8, 4) is 11.8 Å². The largest absolute Gasteiger partial charge is 0.497 e. The Hall–Kier alpha value is -1.82. The topological polar surface area (TPSA) is 50.1 Å². The van der Waals surface area contributed by atoms with Gasteiger partial charge >= 0.3 is 0 Å². The summed E-state index contributed by atoms with van der Waals surface area (Å²) in [5.41, 5.74) is 0.751. The van der Waals surface area contributed by atoms with Gasteiger partial charge in [0.05, 0.1) is 13.2 Å². The van der Waals surface area contributed by atoms with Crippen LogP contribution in [-0.2, 0) is 4.79 Å². The number of carbonyl (C=O) groups excluding carboxylic acids is 1. The molecule has 0 heterocycles. The molecular formula is C17H21NO2. The van der Waals surface area contributed by atoms with Crippen molar-refractivity contribution >= 4 is 5.78 Å². The minimum Gasteiger partial charge on any atom is -0.497 e. The molecule has 0 amide bonds. The first-order valence-corrected chi connectivity index (χ1v) is 7.33. The number of methoxy groups -OCH3 is 1. The number of benzene rings is 1. The fraction of sp³-hybridized carbons (Fsp3) is 0.529. The lowest BCUT2D eigenvalue weighted by Crippen LogP contribution is -2.21. The number of ether oxygens (including phenoxy) is 1. The lowest BCUT2D eigenvalue weighted by atomic mass is 9.84. The number of rotatable bonds is 4. The Morgan fingerprint density at radius 1 is 1.30 bits per heavy atom. The molecule has 0 aliphatic heterocycles. The molecule has 20 heavy (non-hydrogen) atoms. The number of Topliss-reactive ketones (excluding diaryl/α,β-unsaturated/α-hetero) is 1. The number of hydrogen-bond acceptors (Lipinski definition) is 3. The highest BCUT2D eigenvalue weighted by atomic mass is 16.5. The molecule has 1 saturated carbocycles.